The number of hydrogen-bond acceptors (Lipinski definition) is 4. The first-order chi connectivity index (χ1) is 11.4. The first-order valence-corrected chi connectivity index (χ1v) is 9.76. The number of benzene rings is 1. The van der Waals surface area contributed by atoms with Crippen molar-refractivity contribution in [1.29, 1.82) is 0 Å². The molecular weight excluding hydrogens is 328 g/mol. The molecule has 1 unspecified atom stereocenters. The first kappa shape index (κ1) is 18.7. The van der Waals surface area contributed by atoms with Crippen LogP contribution in [0, 0.1) is 6.92 Å². The van der Waals surface area contributed by atoms with E-state index in [0.29, 0.717) is 43.8 Å². The van der Waals surface area contributed by atoms with E-state index in [1.807, 2.05) is 13.8 Å². The van der Waals surface area contributed by atoms with E-state index in [9.17, 15) is 13.2 Å². The molecule has 1 fully saturated rings. The third-order valence-electron chi connectivity index (χ3n) is 4.55. The van der Waals surface area contributed by atoms with E-state index in [-0.39, 0.29) is 10.8 Å². The second-order valence-electron chi connectivity index (χ2n) is 5.92. The number of methoxy groups -OCH3 is 1. The monoisotopic (exact) mass is 354 g/mol. The molecule has 1 aliphatic heterocycles. The lowest BCUT2D eigenvalue weighted by atomic mass is 10.2. The van der Waals surface area contributed by atoms with Crippen LogP contribution in [0.3, 0.4) is 0 Å². The highest BCUT2D eigenvalue weighted by Crippen LogP contribution is 2.30. The maximum absolute atomic E-state index is 13.1. The summed E-state index contributed by atoms with van der Waals surface area (Å²) in [6, 6.07) is 4.38. The van der Waals surface area contributed by atoms with Crippen LogP contribution >= 0.6 is 0 Å². The fraction of sp³-hybridized carbons (Fsp3) is 0.588. The number of ether oxygens (including phenoxy) is 1. The molecular formula is C17H26N2O4S. The van der Waals surface area contributed by atoms with Crippen molar-refractivity contribution in [1.82, 2.24) is 9.21 Å². The van der Waals surface area contributed by atoms with Crippen LogP contribution in [-0.2, 0) is 14.8 Å². The minimum Gasteiger partial charge on any atom is -0.497 e. The molecule has 2 rings (SSSR count). The molecule has 0 spiro atoms. The predicted molar refractivity (Wildman–Crippen MR) is 92.6 cm³/mol. The number of hydrogen-bond donors (Lipinski definition) is 0. The molecule has 6 nitrogen and oxygen atoms in total. The van der Waals surface area contributed by atoms with E-state index in [0.717, 1.165) is 0 Å². The van der Waals surface area contributed by atoms with Crippen molar-refractivity contribution in [3.05, 3.63) is 23.8 Å². The summed E-state index contributed by atoms with van der Waals surface area (Å²) < 4.78 is 32.8. The van der Waals surface area contributed by atoms with E-state index in [1.165, 1.54) is 17.5 Å². The number of carbonyl (C=O) groups is 1. The zero-order chi connectivity index (χ0) is 17.9. The van der Waals surface area contributed by atoms with Crippen molar-refractivity contribution < 1.29 is 17.9 Å². The summed E-state index contributed by atoms with van der Waals surface area (Å²) in [6.07, 6.45) is 1.26. The van der Waals surface area contributed by atoms with Gasteiger partial charge in [-0.2, -0.15) is 4.31 Å². The molecule has 0 aromatic heterocycles. The highest BCUT2D eigenvalue weighted by Gasteiger charge is 2.41. The number of likely N-dealkylation sites (N-methyl/N-ethyl adjacent to an activating group) is 1. The van der Waals surface area contributed by atoms with Crippen LogP contribution in [0.1, 0.15) is 32.3 Å². The van der Waals surface area contributed by atoms with E-state index in [1.54, 1.807) is 24.0 Å². The molecule has 1 aromatic rings. The van der Waals surface area contributed by atoms with Gasteiger partial charge in [-0.15, -0.1) is 0 Å². The summed E-state index contributed by atoms with van der Waals surface area (Å²) in [5, 5.41) is 0. The molecule has 0 saturated carbocycles. The van der Waals surface area contributed by atoms with Crippen LogP contribution in [0.2, 0.25) is 0 Å². The van der Waals surface area contributed by atoms with Crippen molar-refractivity contribution in [2.75, 3.05) is 26.7 Å². The molecule has 0 bridgehead atoms. The van der Waals surface area contributed by atoms with E-state index < -0.39 is 16.1 Å². The molecule has 0 aliphatic carbocycles. The Morgan fingerprint density at radius 1 is 1.33 bits per heavy atom. The zero-order valence-electron chi connectivity index (χ0n) is 14.8. The van der Waals surface area contributed by atoms with Gasteiger partial charge in [-0.1, -0.05) is 6.07 Å². The third kappa shape index (κ3) is 3.42. The van der Waals surface area contributed by atoms with Gasteiger partial charge >= 0.3 is 0 Å². The lowest BCUT2D eigenvalue weighted by molar-refractivity contribution is -0.134. The molecule has 0 radical (unpaired) electrons. The zero-order valence-corrected chi connectivity index (χ0v) is 15.6. The summed E-state index contributed by atoms with van der Waals surface area (Å²) in [5.41, 5.74) is 0.650. The number of aryl methyl sites for hydroxylation is 1. The lowest BCUT2D eigenvalue weighted by Crippen LogP contribution is -2.47. The van der Waals surface area contributed by atoms with Crippen LogP contribution in [-0.4, -0.2) is 56.3 Å². The minimum absolute atomic E-state index is 0.110. The Kier molecular flexibility index (Phi) is 5.87. The molecule has 1 saturated heterocycles. The molecule has 7 heteroatoms. The number of sulfonamides is 1. The van der Waals surface area contributed by atoms with Crippen molar-refractivity contribution in [2.24, 2.45) is 0 Å². The first-order valence-electron chi connectivity index (χ1n) is 8.32. The number of nitrogens with zero attached hydrogens (tertiary/aromatic N) is 2. The molecule has 1 atom stereocenters. The Bertz CT molecular complexity index is 699. The highest BCUT2D eigenvalue weighted by molar-refractivity contribution is 7.89. The molecule has 134 valence electrons. The fourth-order valence-electron chi connectivity index (χ4n) is 3.13. The van der Waals surface area contributed by atoms with Gasteiger partial charge in [0.25, 0.3) is 0 Å². The maximum atomic E-state index is 13.1. The number of carbonyl (C=O) groups excluding carboxylic acids is 1. The summed E-state index contributed by atoms with van der Waals surface area (Å²) in [7, 11) is -2.24. The Morgan fingerprint density at radius 3 is 2.58 bits per heavy atom. The Labute approximate surface area is 144 Å². The van der Waals surface area contributed by atoms with Crippen LogP contribution in [0.15, 0.2) is 23.1 Å². The van der Waals surface area contributed by atoms with Crippen LogP contribution < -0.4 is 4.74 Å². The van der Waals surface area contributed by atoms with Crippen molar-refractivity contribution in [3.63, 3.8) is 0 Å². The van der Waals surface area contributed by atoms with Gasteiger partial charge in [-0.3, -0.25) is 4.79 Å². The lowest BCUT2D eigenvalue weighted by Gasteiger charge is -2.28. The van der Waals surface area contributed by atoms with Gasteiger partial charge in [0.15, 0.2) is 0 Å². The summed E-state index contributed by atoms with van der Waals surface area (Å²) in [4.78, 5) is 14.6. The van der Waals surface area contributed by atoms with Crippen LogP contribution in [0.4, 0.5) is 0 Å². The number of amides is 1. The minimum atomic E-state index is -3.74. The summed E-state index contributed by atoms with van der Waals surface area (Å²) in [5.74, 6) is 0.381. The Balaban J connectivity index is 2.39. The number of rotatable bonds is 6. The molecule has 1 aromatic carbocycles. The second kappa shape index (κ2) is 7.53. The van der Waals surface area contributed by atoms with Crippen LogP contribution in [0.5, 0.6) is 5.75 Å². The van der Waals surface area contributed by atoms with Gasteiger partial charge in [0.05, 0.1) is 12.0 Å². The SMILES string of the molecule is CCN(CC)C(=O)C1CCCN1S(=O)(=O)c1cc(OC)ccc1C. The summed E-state index contributed by atoms with van der Waals surface area (Å²) in [6.45, 7) is 7.10. The predicted octanol–water partition coefficient (Wildman–Crippen LogP) is 2.03. The van der Waals surface area contributed by atoms with Gasteiger partial charge in [-0.05, 0) is 45.2 Å². The molecule has 24 heavy (non-hydrogen) atoms. The second-order valence-corrected chi connectivity index (χ2v) is 7.77. The van der Waals surface area contributed by atoms with Gasteiger partial charge < -0.3 is 9.64 Å². The average Bonchev–Trinajstić information content (AvgIpc) is 3.06. The van der Waals surface area contributed by atoms with Crippen molar-refractivity contribution >= 4 is 15.9 Å². The Morgan fingerprint density at radius 2 is 2.00 bits per heavy atom. The van der Waals surface area contributed by atoms with E-state index in [2.05, 4.69) is 0 Å². The molecule has 1 amide bonds. The van der Waals surface area contributed by atoms with Crippen molar-refractivity contribution in [2.45, 2.75) is 44.6 Å². The topological polar surface area (TPSA) is 66.9 Å². The van der Waals surface area contributed by atoms with E-state index in [4.69, 9.17) is 4.74 Å². The highest BCUT2D eigenvalue weighted by atomic mass is 32.2. The smallest absolute Gasteiger partial charge is 0.244 e. The van der Waals surface area contributed by atoms with Gasteiger partial charge in [-0.25, -0.2) is 8.42 Å². The average molecular weight is 354 g/mol. The normalized spacial score (nSPS) is 18.6. The standard InChI is InChI=1S/C17H26N2O4S/c1-5-18(6-2)17(20)15-8-7-11-19(15)24(21,22)16-12-14(23-4)10-9-13(16)3/h9-10,12,15H,5-8,11H2,1-4H3. The van der Waals surface area contributed by atoms with Gasteiger partial charge in [0.2, 0.25) is 15.9 Å². The summed E-state index contributed by atoms with van der Waals surface area (Å²) >= 11 is 0. The van der Waals surface area contributed by atoms with Crippen LogP contribution in [0.25, 0.3) is 0 Å². The van der Waals surface area contributed by atoms with E-state index >= 15 is 0 Å². The molecule has 1 heterocycles. The van der Waals surface area contributed by atoms with Crippen molar-refractivity contribution in [3.8, 4) is 5.75 Å². The maximum Gasteiger partial charge on any atom is 0.244 e. The Hall–Kier alpha value is -1.60. The van der Waals surface area contributed by atoms with Gasteiger partial charge in [0.1, 0.15) is 11.8 Å². The molecule has 0 N–H and O–H groups in total. The largest absolute Gasteiger partial charge is 0.497 e. The van der Waals surface area contributed by atoms with Gasteiger partial charge in [0, 0.05) is 25.7 Å². The quantitative estimate of drug-likeness (QED) is 0.784. The fourth-order valence-corrected chi connectivity index (χ4v) is 5.03. The third-order valence-corrected chi connectivity index (χ3v) is 6.60. The molecule has 1 aliphatic rings.